The molecular weight excluding hydrogens is 386 g/mol. The van der Waals surface area contributed by atoms with E-state index >= 15 is 0 Å². The summed E-state index contributed by atoms with van der Waals surface area (Å²) in [4.78, 5) is 24.1. The summed E-state index contributed by atoms with van der Waals surface area (Å²) in [5.74, 6) is 1.21. The summed E-state index contributed by atoms with van der Waals surface area (Å²) in [5.41, 5.74) is 1.97. The van der Waals surface area contributed by atoms with Crippen molar-refractivity contribution in [3.8, 4) is 0 Å². The molecule has 0 spiro atoms. The zero-order valence-electron chi connectivity index (χ0n) is 19.6. The maximum Gasteiger partial charge on any atom is 0.274 e. The van der Waals surface area contributed by atoms with E-state index in [4.69, 9.17) is 0 Å². The number of aromatic nitrogens is 4. The van der Waals surface area contributed by atoms with Crippen molar-refractivity contribution < 1.29 is 0 Å². The van der Waals surface area contributed by atoms with Crippen LogP contribution >= 0.6 is 0 Å². The number of nitrogens with one attached hydrogen (secondary N) is 1. The summed E-state index contributed by atoms with van der Waals surface area (Å²) < 4.78 is 1.44. The van der Waals surface area contributed by atoms with Crippen LogP contribution in [0.3, 0.4) is 0 Å². The molecule has 1 saturated heterocycles. The van der Waals surface area contributed by atoms with E-state index in [0.717, 1.165) is 37.6 Å². The highest BCUT2D eigenvalue weighted by atomic mass is 16.1. The van der Waals surface area contributed by atoms with Crippen molar-refractivity contribution in [1.82, 2.24) is 24.5 Å². The molecule has 3 heterocycles. The van der Waals surface area contributed by atoms with Gasteiger partial charge in [-0.15, -0.1) is 0 Å². The number of H-pyrrole nitrogens is 1. The Balaban J connectivity index is 0.00000166. The Kier molecular flexibility index (Phi) is 11.0. The van der Waals surface area contributed by atoms with Gasteiger partial charge in [0.15, 0.2) is 0 Å². The van der Waals surface area contributed by atoms with Crippen LogP contribution in [0.4, 0.5) is 0 Å². The molecule has 1 fully saturated rings. The highest BCUT2D eigenvalue weighted by molar-refractivity contribution is 5.28. The van der Waals surface area contributed by atoms with Crippen LogP contribution in [0.1, 0.15) is 77.2 Å². The largest absolute Gasteiger partial charge is 0.298 e. The Labute approximate surface area is 186 Å². The fraction of sp³-hybridized carbons (Fsp3) is 0.560. The van der Waals surface area contributed by atoms with E-state index in [2.05, 4.69) is 45.6 Å². The van der Waals surface area contributed by atoms with Crippen LogP contribution in [0, 0.1) is 0 Å². The SMILES string of the molecule is C=C/C=C(/C)C/C=C\Cc1nc2nc(CN3CCCCCCCC3)cc(=O)n2[nH]1.CC. The minimum Gasteiger partial charge on any atom is -0.298 e. The molecule has 6 nitrogen and oxygen atoms in total. The molecule has 0 saturated carbocycles. The first-order valence-electron chi connectivity index (χ1n) is 11.8. The molecule has 2 aromatic heterocycles. The number of hydrogen-bond donors (Lipinski definition) is 1. The first-order valence-corrected chi connectivity index (χ1v) is 11.8. The van der Waals surface area contributed by atoms with Gasteiger partial charge in [-0.25, -0.2) is 4.98 Å². The summed E-state index contributed by atoms with van der Waals surface area (Å²) in [6.07, 6.45) is 17.2. The molecule has 0 aromatic carbocycles. The molecule has 170 valence electrons. The maximum atomic E-state index is 12.5. The Morgan fingerprint density at radius 2 is 1.77 bits per heavy atom. The molecule has 2 aromatic rings. The van der Waals surface area contributed by atoms with Gasteiger partial charge in [-0.2, -0.15) is 9.50 Å². The van der Waals surface area contributed by atoms with Gasteiger partial charge in [0.1, 0.15) is 5.82 Å². The van der Waals surface area contributed by atoms with E-state index in [0.29, 0.717) is 12.2 Å². The smallest absolute Gasteiger partial charge is 0.274 e. The fourth-order valence-electron chi connectivity index (χ4n) is 3.75. The van der Waals surface area contributed by atoms with Crippen LogP contribution in [0.15, 0.2) is 47.3 Å². The van der Waals surface area contributed by atoms with E-state index in [1.54, 1.807) is 12.1 Å². The number of rotatable bonds is 7. The van der Waals surface area contributed by atoms with Crippen LogP contribution in [-0.2, 0) is 13.0 Å². The summed E-state index contributed by atoms with van der Waals surface area (Å²) in [6.45, 7) is 12.7. The minimum absolute atomic E-state index is 0.0956. The van der Waals surface area contributed by atoms with E-state index in [1.807, 2.05) is 19.9 Å². The van der Waals surface area contributed by atoms with Crippen molar-refractivity contribution in [3.05, 3.63) is 64.4 Å². The van der Waals surface area contributed by atoms with Crippen molar-refractivity contribution in [2.45, 2.75) is 78.7 Å². The second kappa shape index (κ2) is 13.8. The van der Waals surface area contributed by atoms with E-state index < -0.39 is 0 Å². The lowest BCUT2D eigenvalue weighted by atomic mass is 10.1. The molecule has 0 aliphatic carbocycles. The van der Waals surface area contributed by atoms with Crippen LogP contribution in [-0.4, -0.2) is 37.6 Å². The van der Waals surface area contributed by atoms with Gasteiger partial charge >= 0.3 is 0 Å². The number of fused-ring (bicyclic) bond motifs is 1. The van der Waals surface area contributed by atoms with Crippen molar-refractivity contribution >= 4 is 5.78 Å². The van der Waals surface area contributed by atoms with Crippen LogP contribution in [0.2, 0.25) is 0 Å². The maximum absolute atomic E-state index is 12.5. The summed E-state index contributed by atoms with van der Waals surface area (Å²) in [5, 5.41) is 3.07. The lowest BCUT2D eigenvalue weighted by molar-refractivity contribution is 0.257. The normalized spacial score (nSPS) is 16.4. The molecule has 0 atom stereocenters. The van der Waals surface area contributed by atoms with Gasteiger partial charge in [-0.3, -0.25) is 14.8 Å². The van der Waals surface area contributed by atoms with Crippen molar-refractivity contribution in [3.63, 3.8) is 0 Å². The summed E-state index contributed by atoms with van der Waals surface area (Å²) in [7, 11) is 0. The molecular formula is C25H39N5O. The Morgan fingerprint density at radius 3 is 2.45 bits per heavy atom. The fourth-order valence-corrected chi connectivity index (χ4v) is 3.75. The Hall–Kier alpha value is -2.47. The molecule has 0 amide bonds. The first-order chi connectivity index (χ1) is 15.2. The number of aromatic amines is 1. The number of hydrogen-bond acceptors (Lipinski definition) is 4. The lowest BCUT2D eigenvalue weighted by Crippen LogP contribution is -2.27. The van der Waals surface area contributed by atoms with Gasteiger partial charge in [-0.1, -0.05) is 76.0 Å². The van der Waals surface area contributed by atoms with E-state index in [-0.39, 0.29) is 5.56 Å². The topological polar surface area (TPSA) is 66.3 Å². The van der Waals surface area contributed by atoms with Crippen LogP contribution in [0.25, 0.3) is 5.78 Å². The standard InChI is InChI=1S/C23H33N5O.C2H6/c1-3-12-19(2)13-8-9-14-21-25-23-24-20(17-22(29)28(23)26-21)18-27-15-10-6-4-5-7-11-16-27;1-2/h3,8-9,12,17H,1,4-7,10-11,13-16,18H2,2H3,(H,24,25,26);1-2H3/b9-8-,19-12-;. The minimum atomic E-state index is -0.0956. The van der Waals surface area contributed by atoms with Crippen LogP contribution < -0.4 is 5.56 Å². The molecule has 31 heavy (non-hydrogen) atoms. The number of allylic oxidation sites excluding steroid dienone is 5. The van der Waals surface area contributed by atoms with Crippen molar-refractivity contribution in [1.29, 1.82) is 0 Å². The molecule has 0 unspecified atom stereocenters. The highest BCUT2D eigenvalue weighted by Gasteiger charge is 2.12. The monoisotopic (exact) mass is 425 g/mol. The Morgan fingerprint density at radius 1 is 1.10 bits per heavy atom. The molecule has 0 radical (unpaired) electrons. The summed E-state index contributed by atoms with van der Waals surface area (Å²) in [6, 6.07) is 1.64. The quantitative estimate of drug-likeness (QED) is 0.488. The van der Waals surface area contributed by atoms with Crippen LogP contribution in [0.5, 0.6) is 0 Å². The first kappa shape index (κ1) is 24.8. The van der Waals surface area contributed by atoms with Crippen molar-refractivity contribution in [2.24, 2.45) is 0 Å². The number of nitrogens with zero attached hydrogens (tertiary/aromatic N) is 4. The van der Waals surface area contributed by atoms with Gasteiger partial charge in [-0.05, 0) is 39.3 Å². The van der Waals surface area contributed by atoms with Gasteiger partial charge < -0.3 is 0 Å². The third-order valence-corrected chi connectivity index (χ3v) is 5.33. The lowest BCUT2D eigenvalue weighted by Gasteiger charge is -2.20. The molecule has 0 bridgehead atoms. The molecule has 1 aliphatic heterocycles. The summed E-state index contributed by atoms with van der Waals surface area (Å²) >= 11 is 0. The third kappa shape index (κ3) is 8.29. The van der Waals surface area contributed by atoms with Gasteiger partial charge in [0.25, 0.3) is 11.3 Å². The molecule has 1 N–H and O–H groups in total. The molecule has 1 aliphatic rings. The van der Waals surface area contributed by atoms with Gasteiger partial charge in [0.05, 0.1) is 5.69 Å². The predicted octanol–water partition coefficient (Wildman–Crippen LogP) is 5.22. The van der Waals surface area contributed by atoms with Crippen molar-refractivity contribution in [2.75, 3.05) is 13.1 Å². The predicted molar refractivity (Wildman–Crippen MR) is 129 cm³/mol. The average molecular weight is 426 g/mol. The Bertz CT molecular complexity index is 912. The second-order valence-corrected chi connectivity index (χ2v) is 7.92. The van der Waals surface area contributed by atoms with Gasteiger partial charge in [0, 0.05) is 19.0 Å². The van der Waals surface area contributed by atoms with E-state index in [1.165, 1.54) is 48.6 Å². The molecule has 6 heteroatoms. The molecule has 3 rings (SSSR count). The van der Waals surface area contributed by atoms with E-state index in [9.17, 15) is 4.79 Å². The average Bonchev–Trinajstić information content (AvgIpc) is 3.22. The zero-order chi connectivity index (χ0) is 22.5. The second-order valence-electron chi connectivity index (χ2n) is 7.92. The zero-order valence-corrected chi connectivity index (χ0v) is 19.6. The van der Waals surface area contributed by atoms with Gasteiger partial charge in [0.2, 0.25) is 0 Å². The highest BCUT2D eigenvalue weighted by Crippen LogP contribution is 2.13. The third-order valence-electron chi connectivity index (χ3n) is 5.33.